The molecule has 0 fully saturated rings. The van der Waals surface area contributed by atoms with E-state index >= 15 is 0 Å². The highest BCUT2D eigenvalue weighted by molar-refractivity contribution is 5.77. The first-order valence-electron chi connectivity index (χ1n) is 5.43. The molecule has 0 radical (unpaired) electrons. The van der Waals surface area contributed by atoms with Crippen molar-refractivity contribution in [1.29, 1.82) is 0 Å². The van der Waals surface area contributed by atoms with E-state index in [1.807, 2.05) is 0 Å². The molecule has 0 spiro atoms. The maximum absolute atomic E-state index is 12.8. The highest BCUT2D eigenvalue weighted by Crippen LogP contribution is 2.16. The normalized spacial score (nSPS) is 14.0. The molecular weight excluding hydrogens is 244 g/mol. The molecule has 0 aliphatic heterocycles. The van der Waals surface area contributed by atoms with E-state index in [2.05, 4.69) is 0 Å². The molecule has 1 rings (SSSR count). The average molecular weight is 259 g/mol. The Bertz CT molecular complexity index is 435. The van der Waals surface area contributed by atoms with Crippen LogP contribution in [-0.4, -0.2) is 23.2 Å². The molecule has 6 heteroatoms. The van der Waals surface area contributed by atoms with Crippen LogP contribution in [-0.2, 0) is 4.79 Å². The summed E-state index contributed by atoms with van der Waals surface area (Å²) >= 11 is 0. The molecule has 0 saturated heterocycles. The van der Waals surface area contributed by atoms with Crippen LogP contribution >= 0.6 is 0 Å². The molecule has 0 aliphatic rings. The van der Waals surface area contributed by atoms with Crippen LogP contribution in [0.1, 0.15) is 19.8 Å². The van der Waals surface area contributed by atoms with Gasteiger partial charge in [-0.25, -0.2) is 8.78 Å². The van der Waals surface area contributed by atoms with Crippen molar-refractivity contribution in [3.05, 3.63) is 29.8 Å². The zero-order valence-corrected chi connectivity index (χ0v) is 9.95. The maximum Gasteiger partial charge on any atom is 0.323 e. The van der Waals surface area contributed by atoms with Gasteiger partial charge in [-0.05, 0) is 31.9 Å². The summed E-state index contributed by atoms with van der Waals surface area (Å²) in [5.74, 6) is -2.82. The zero-order valence-electron chi connectivity index (χ0n) is 9.95. The highest BCUT2D eigenvalue weighted by Gasteiger charge is 2.26. The Hall–Kier alpha value is -1.69. The van der Waals surface area contributed by atoms with Gasteiger partial charge in [0, 0.05) is 6.07 Å². The number of hydrogen-bond donors (Lipinski definition) is 2. The Kier molecular flexibility index (Phi) is 4.61. The van der Waals surface area contributed by atoms with Crippen molar-refractivity contribution in [2.75, 3.05) is 6.61 Å². The van der Waals surface area contributed by atoms with Gasteiger partial charge in [0.15, 0.2) is 11.6 Å². The van der Waals surface area contributed by atoms with Crippen molar-refractivity contribution in [3.8, 4) is 5.75 Å². The molecule has 0 amide bonds. The lowest BCUT2D eigenvalue weighted by atomic mass is 9.98. The molecule has 1 unspecified atom stereocenters. The number of carboxylic acids is 1. The van der Waals surface area contributed by atoms with E-state index in [4.69, 9.17) is 15.6 Å². The smallest absolute Gasteiger partial charge is 0.323 e. The van der Waals surface area contributed by atoms with Gasteiger partial charge in [0.05, 0.1) is 6.61 Å². The molecule has 4 nitrogen and oxygen atoms in total. The summed E-state index contributed by atoms with van der Waals surface area (Å²) in [6.45, 7) is 1.60. The Morgan fingerprint density at radius 3 is 2.67 bits per heavy atom. The topological polar surface area (TPSA) is 72.5 Å². The van der Waals surface area contributed by atoms with Crippen molar-refractivity contribution in [3.63, 3.8) is 0 Å². The maximum atomic E-state index is 12.8. The Morgan fingerprint density at radius 1 is 1.44 bits per heavy atom. The fourth-order valence-corrected chi connectivity index (χ4v) is 1.30. The number of halogens is 2. The molecule has 0 bridgehead atoms. The van der Waals surface area contributed by atoms with Crippen LogP contribution < -0.4 is 10.5 Å². The summed E-state index contributed by atoms with van der Waals surface area (Å²) in [5, 5.41) is 8.77. The van der Waals surface area contributed by atoms with E-state index in [-0.39, 0.29) is 18.8 Å². The number of rotatable bonds is 6. The van der Waals surface area contributed by atoms with Crippen molar-refractivity contribution in [1.82, 2.24) is 0 Å². The first kappa shape index (κ1) is 14.4. The van der Waals surface area contributed by atoms with Gasteiger partial charge in [0.1, 0.15) is 11.3 Å². The van der Waals surface area contributed by atoms with E-state index in [0.717, 1.165) is 12.1 Å². The number of carboxylic acid groups (broad SMARTS) is 1. The van der Waals surface area contributed by atoms with Crippen LogP contribution in [0.2, 0.25) is 0 Å². The second-order valence-electron chi connectivity index (χ2n) is 4.25. The highest BCUT2D eigenvalue weighted by atomic mass is 19.2. The quantitative estimate of drug-likeness (QED) is 0.765. The minimum atomic E-state index is -1.31. The lowest BCUT2D eigenvalue weighted by molar-refractivity contribution is -0.142. The first-order chi connectivity index (χ1) is 8.33. The number of benzene rings is 1. The lowest BCUT2D eigenvalue weighted by Gasteiger charge is -2.18. The zero-order chi connectivity index (χ0) is 13.8. The van der Waals surface area contributed by atoms with Crippen molar-refractivity contribution >= 4 is 5.97 Å². The molecule has 3 N–H and O–H groups in total. The minimum Gasteiger partial charge on any atom is -0.493 e. The third kappa shape index (κ3) is 3.96. The van der Waals surface area contributed by atoms with Crippen LogP contribution in [0.25, 0.3) is 0 Å². The number of ether oxygens (including phenoxy) is 1. The molecule has 0 aliphatic carbocycles. The van der Waals surface area contributed by atoms with E-state index < -0.39 is 23.1 Å². The molecule has 0 aromatic heterocycles. The van der Waals surface area contributed by atoms with Gasteiger partial charge >= 0.3 is 5.97 Å². The first-order valence-corrected chi connectivity index (χ1v) is 5.43. The van der Waals surface area contributed by atoms with Gasteiger partial charge in [-0.15, -0.1) is 0 Å². The third-order valence-electron chi connectivity index (χ3n) is 2.49. The summed E-state index contributed by atoms with van der Waals surface area (Å²) in [6.07, 6.45) is 0.629. The molecule has 1 atom stereocenters. The predicted molar refractivity (Wildman–Crippen MR) is 61.3 cm³/mol. The predicted octanol–water partition coefficient (Wildman–Crippen LogP) is 1.93. The van der Waals surface area contributed by atoms with Crippen molar-refractivity contribution in [2.45, 2.75) is 25.3 Å². The summed E-state index contributed by atoms with van der Waals surface area (Å²) in [4.78, 5) is 10.7. The molecule has 0 saturated carbocycles. The van der Waals surface area contributed by atoms with Crippen LogP contribution in [0.5, 0.6) is 5.75 Å². The largest absolute Gasteiger partial charge is 0.493 e. The minimum absolute atomic E-state index is 0.186. The summed E-state index contributed by atoms with van der Waals surface area (Å²) in [6, 6.07) is 3.21. The third-order valence-corrected chi connectivity index (χ3v) is 2.49. The molecule has 18 heavy (non-hydrogen) atoms. The van der Waals surface area contributed by atoms with E-state index in [1.54, 1.807) is 0 Å². The fraction of sp³-hybridized carbons (Fsp3) is 0.417. The van der Waals surface area contributed by atoms with Gasteiger partial charge in [-0.1, -0.05) is 0 Å². The Balaban J connectivity index is 2.38. The molecule has 0 heterocycles. The molecule has 1 aromatic rings. The number of aliphatic carboxylic acids is 1. The van der Waals surface area contributed by atoms with Gasteiger partial charge < -0.3 is 15.6 Å². The van der Waals surface area contributed by atoms with Gasteiger partial charge in [-0.2, -0.15) is 0 Å². The lowest BCUT2D eigenvalue weighted by Crippen LogP contribution is -2.44. The average Bonchev–Trinajstić information content (AvgIpc) is 2.29. The standard InChI is InChI=1S/C12H15F2NO3/c1-12(15,11(16)17)5-2-6-18-8-3-4-9(13)10(14)7-8/h3-4,7H,2,5-6,15H2,1H3,(H,16,17). The van der Waals surface area contributed by atoms with Gasteiger partial charge in [0.2, 0.25) is 0 Å². The van der Waals surface area contributed by atoms with E-state index in [9.17, 15) is 13.6 Å². The van der Waals surface area contributed by atoms with Gasteiger partial charge in [0.25, 0.3) is 0 Å². The van der Waals surface area contributed by atoms with E-state index in [0.29, 0.717) is 6.42 Å². The second-order valence-corrected chi connectivity index (χ2v) is 4.25. The summed E-state index contributed by atoms with van der Waals surface area (Å²) < 4.78 is 30.6. The van der Waals surface area contributed by atoms with Gasteiger partial charge in [-0.3, -0.25) is 4.79 Å². The number of nitrogens with two attached hydrogens (primary N) is 1. The number of hydrogen-bond acceptors (Lipinski definition) is 3. The summed E-state index contributed by atoms with van der Waals surface area (Å²) in [5.41, 5.74) is 4.21. The Morgan fingerprint density at radius 2 is 2.11 bits per heavy atom. The molecular formula is C12H15F2NO3. The van der Waals surface area contributed by atoms with Crippen LogP contribution in [0.15, 0.2) is 18.2 Å². The molecule has 1 aromatic carbocycles. The monoisotopic (exact) mass is 259 g/mol. The number of carbonyl (C=O) groups is 1. The van der Waals surface area contributed by atoms with Crippen LogP contribution in [0.4, 0.5) is 8.78 Å². The van der Waals surface area contributed by atoms with Crippen molar-refractivity contribution < 1.29 is 23.4 Å². The summed E-state index contributed by atoms with van der Waals surface area (Å²) in [7, 11) is 0. The van der Waals surface area contributed by atoms with Crippen LogP contribution in [0.3, 0.4) is 0 Å². The van der Waals surface area contributed by atoms with Crippen molar-refractivity contribution in [2.24, 2.45) is 5.73 Å². The van der Waals surface area contributed by atoms with Crippen LogP contribution in [0, 0.1) is 11.6 Å². The van der Waals surface area contributed by atoms with E-state index in [1.165, 1.54) is 13.0 Å². The fourth-order valence-electron chi connectivity index (χ4n) is 1.30. The SMILES string of the molecule is CC(N)(CCCOc1ccc(F)c(F)c1)C(=O)O. The second kappa shape index (κ2) is 5.77. The Labute approximate surface area is 103 Å². The molecule has 100 valence electrons.